The number of nitriles is 1. The molecule has 3 nitrogen and oxygen atoms in total. The van der Waals surface area contributed by atoms with Gasteiger partial charge >= 0.3 is 0 Å². The summed E-state index contributed by atoms with van der Waals surface area (Å²) in [6, 6.07) is 0. The molecule has 0 bridgehead atoms. The van der Waals surface area contributed by atoms with Gasteiger partial charge in [-0.05, 0) is 31.9 Å². The lowest BCUT2D eigenvalue weighted by Gasteiger charge is -2.00. The van der Waals surface area contributed by atoms with Crippen molar-refractivity contribution in [3.05, 3.63) is 11.6 Å². The zero-order chi connectivity index (χ0) is 10.2. The molecule has 14 heavy (non-hydrogen) atoms. The minimum absolute atomic E-state index is 0.714. The molecule has 0 saturated heterocycles. The maximum absolute atomic E-state index is 8.41. The molecule has 0 radical (unpaired) electrons. The van der Waals surface area contributed by atoms with Crippen LogP contribution in [-0.2, 0) is 0 Å². The van der Waals surface area contributed by atoms with E-state index < -0.39 is 0 Å². The Morgan fingerprint density at radius 3 is 3.21 bits per heavy atom. The highest BCUT2D eigenvalue weighted by Gasteiger charge is 2.03. The second kappa shape index (κ2) is 6.50. The van der Waals surface area contributed by atoms with Gasteiger partial charge in [-0.1, -0.05) is 23.4 Å². The molecule has 0 fully saturated rings. The van der Waals surface area contributed by atoms with Crippen molar-refractivity contribution in [2.45, 2.75) is 25.7 Å². The molecule has 4 heteroatoms. The van der Waals surface area contributed by atoms with Crippen LogP contribution in [0.5, 0.6) is 0 Å². The van der Waals surface area contributed by atoms with E-state index in [1.807, 2.05) is 12.4 Å². The number of thioether (sulfide) groups is 1. The van der Waals surface area contributed by atoms with Gasteiger partial charge in [-0.2, -0.15) is 5.26 Å². The molecule has 1 rings (SSSR count). The molecule has 0 spiro atoms. The van der Waals surface area contributed by atoms with E-state index >= 15 is 0 Å². The lowest BCUT2D eigenvalue weighted by atomic mass is 10.2. The first-order valence-corrected chi connectivity index (χ1v) is 6.00. The topological polar surface area (TPSA) is 48.2 Å². The molecule has 0 unspecified atom stereocenters. The van der Waals surface area contributed by atoms with E-state index in [9.17, 15) is 0 Å². The molecule has 0 saturated carbocycles. The number of nitrogens with zero attached hydrogens (tertiary/aromatic N) is 2. The predicted octanol–water partition coefficient (Wildman–Crippen LogP) is 2.28. The Labute approximate surface area is 89.3 Å². The summed E-state index contributed by atoms with van der Waals surface area (Å²) < 4.78 is 0. The lowest BCUT2D eigenvalue weighted by molar-refractivity contribution is 0.850. The average molecular weight is 209 g/mol. The second-order valence-electron chi connectivity index (χ2n) is 3.13. The van der Waals surface area contributed by atoms with Crippen molar-refractivity contribution in [3.63, 3.8) is 0 Å². The van der Waals surface area contributed by atoms with Crippen LogP contribution in [0.3, 0.4) is 0 Å². The van der Waals surface area contributed by atoms with Crippen LogP contribution in [0.4, 0.5) is 0 Å². The third-order valence-corrected chi connectivity index (χ3v) is 2.80. The van der Waals surface area contributed by atoms with Gasteiger partial charge < -0.3 is 0 Å². The number of hydrogen-bond donors (Lipinski definition) is 1. The predicted molar refractivity (Wildman–Crippen MR) is 61.1 cm³/mol. The van der Waals surface area contributed by atoms with E-state index in [1.54, 1.807) is 0 Å². The van der Waals surface area contributed by atoms with E-state index in [1.165, 1.54) is 36.6 Å². The average Bonchev–Trinajstić information content (AvgIpc) is 2.69. The molecule has 0 aromatic heterocycles. The lowest BCUT2D eigenvalue weighted by Crippen LogP contribution is -2.13. The number of rotatable bonds is 3. The van der Waals surface area contributed by atoms with Crippen LogP contribution in [0.2, 0.25) is 0 Å². The molecular formula is C10H15N3S. The molecule has 1 aliphatic rings. The summed E-state index contributed by atoms with van der Waals surface area (Å²) in [6.07, 6.45) is 10.9. The SMILES string of the molecule is CSC(=NCCC1=CCCC1)NC#N. The molecule has 76 valence electrons. The fraction of sp³-hybridized carbons (Fsp3) is 0.600. The molecule has 1 aliphatic carbocycles. The van der Waals surface area contributed by atoms with Gasteiger partial charge in [0, 0.05) is 6.54 Å². The molecule has 0 aliphatic heterocycles. The van der Waals surface area contributed by atoms with Crippen LogP contribution >= 0.6 is 11.8 Å². The minimum atomic E-state index is 0.714. The van der Waals surface area contributed by atoms with Crippen LogP contribution in [0.25, 0.3) is 0 Å². The Bertz CT molecular complexity index is 276. The van der Waals surface area contributed by atoms with E-state index in [4.69, 9.17) is 5.26 Å². The van der Waals surface area contributed by atoms with Gasteiger partial charge in [0.25, 0.3) is 0 Å². The molecule has 1 N–H and O–H groups in total. The van der Waals surface area contributed by atoms with Crippen molar-refractivity contribution < 1.29 is 0 Å². The molecule has 0 atom stereocenters. The zero-order valence-corrected chi connectivity index (χ0v) is 9.23. The monoisotopic (exact) mass is 209 g/mol. The van der Waals surface area contributed by atoms with E-state index in [2.05, 4.69) is 16.4 Å². The maximum atomic E-state index is 8.41. The number of nitrogens with one attached hydrogen (secondary N) is 1. The zero-order valence-electron chi connectivity index (χ0n) is 8.42. The van der Waals surface area contributed by atoms with Crippen molar-refractivity contribution in [1.29, 1.82) is 5.26 Å². The van der Waals surface area contributed by atoms with Crippen molar-refractivity contribution in [1.82, 2.24) is 5.32 Å². The van der Waals surface area contributed by atoms with Gasteiger partial charge in [-0.15, -0.1) is 0 Å². The number of aliphatic imine (C=N–C) groups is 1. The number of amidine groups is 1. The van der Waals surface area contributed by atoms with Crippen LogP contribution < -0.4 is 5.32 Å². The smallest absolute Gasteiger partial charge is 0.183 e. The van der Waals surface area contributed by atoms with Crippen LogP contribution in [0, 0.1) is 11.5 Å². The highest BCUT2D eigenvalue weighted by molar-refractivity contribution is 8.13. The summed E-state index contributed by atoms with van der Waals surface area (Å²) in [7, 11) is 0. The highest BCUT2D eigenvalue weighted by Crippen LogP contribution is 2.20. The highest BCUT2D eigenvalue weighted by atomic mass is 32.2. The van der Waals surface area contributed by atoms with Crippen LogP contribution in [-0.4, -0.2) is 18.0 Å². The van der Waals surface area contributed by atoms with Gasteiger partial charge in [0.15, 0.2) is 11.4 Å². The van der Waals surface area contributed by atoms with E-state index in [0.29, 0.717) is 5.17 Å². The van der Waals surface area contributed by atoms with Crippen LogP contribution in [0.1, 0.15) is 25.7 Å². The Morgan fingerprint density at radius 1 is 1.79 bits per heavy atom. The minimum Gasteiger partial charge on any atom is -0.272 e. The summed E-state index contributed by atoms with van der Waals surface area (Å²) in [5.41, 5.74) is 1.52. The molecule has 0 aromatic rings. The Balaban J connectivity index is 2.26. The molecule has 0 heterocycles. The van der Waals surface area contributed by atoms with Crippen molar-refractivity contribution >= 4 is 16.9 Å². The third-order valence-electron chi connectivity index (χ3n) is 2.18. The number of allylic oxidation sites excluding steroid dienone is 1. The normalized spacial score (nSPS) is 16.3. The first-order chi connectivity index (χ1) is 6.86. The molecule has 0 aromatic carbocycles. The fourth-order valence-electron chi connectivity index (χ4n) is 1.47. The maximum Gasteiger partial charge on any atom is 0.183 e. The summed E-state index contributed by atoms with van der Waals surface area (Å²) in [4.78, 5) is 4.30. The van der Waals surface area contributed by atoms with Gasteiger partial charge in [0.2, 0.25) is 0 Å². The Morgan fingerprint density at radius 2 is 2.64 bits per heavy atom. The third kappa shape index (κ3) is 3.84. The van der Waals surface area contributed by atoms with Gasteiger partial charge in [0.05, 0.1) is 0 Å². The Hall–Kier alpha value is -0.950. The molecule has 0 amide bonds. The standard InChI is InChI=1S/C10H15N3S/c1-14-10(13-8-11)12-7-6-9-4-2-3-5-9/h4H,2-3,5-7H2,1H3,(H,12,13). The van der Waals surface area contributed by atoms with Crippen molar-refractivity contribution in [2.24, 2.45) is 4.99 Å². The van der Waals surface area contributed by atoms with Crippen molar-refractivity contribution in [2.75, 3.05) is 12.8 Å². The first-order valence-electron chi connectivity index (χ1n) is 4.78. The Kier molecular flexibility index (Phi) is 5.16. The first kappa shape index (κ1) is 11.1. The van der Waals surface area contributed by atoms with E-state index in [-0.39, 0.29) is 0 Å². The summed E-state index contributed by atoms with van der Waals surface area (Å²) in [5, 5.41) is 11.7. The van der Waals surface area contributed by atoms with E-state index in [0.717, 1.165) is 13.0 Å². The summed E-state index contributed by atoms with van der Waals surface area (Å²) in [5.74, 6) is 0. The summed E-state index contributed by atoms with van der Waals surface area (Å²) in [6.45, 7) is 0.788. The quantitative estimate of drug-likeness (QED) is 0.255. The van der Waals surface area contributed by atoms with Crippen LogP contribution in [0.15, 0.2) is 16.6 Å². The largest absolute Gasteiger partial charge is 0.272 e. The van der Waals surface area contributed by atoms with Gasteiger partial charge in [0.1, 0.15) is 0 Å². The summed E-state index contributed by atoms with van der Waals surface area (Å²) >= 11 is 1.47. The second-order valence-corrected chi connectivity index (χ2v) is 3.93. The van der Waals surface area contributed by atoms with Crippen molar-refractivity contribution in [3.8, 4) is 6.19 Å². The number of hydrogen-bond acceptors (Lipinski definition) is 3. The van der Waals surface area contributed by atoms with Gasteiger partial charge in [-0.25, -0.2) is 0 Å². The molecular weight excluding hydrogens is 194 g/mol. The fourth-order valence-corrected chi connectivity index (χ4v) is 1.84. The van der Waals surface area contributed by atoms with Gasteiger partial charge in [-0.3, -0.25) is 10.3 Å².